The molecule has 0 aromatic heterocycles. The standard InChI is InChI=1S/C9H8BrClO2/c1-5(12)6-3-4-7(10)9(13-2)8(6)11/h3-4H,1-2H3. The highest BCUT2D eigenvalue weighted by Crippen LogP contribution is 2.35. The molecule has 0 saturated carbocycles. The summed E-state index contributed by atoms with van der Waals surface area (Å²) >= 11 is 9.20. The van der Waals surface area contributed by atoms with E-state index in [1.165, 1.54) is 14.0 Å². The summed E-state index contributed by atoms with van der Waals surface area (Å²) in [6.07, 6.45) is 0. The highest BCUT2D eigenvalue weighted by atomic mass is 79.9. The summed E-state index contributed by atoms with van der Waals surface area (Å²) in [6, 6.07) is 3.40. The minimum atomic E-state index is -0.0733. The Kier molecular flexibility index (Phi) is 3.33. The summed E-state index contributed by atoms with van der Waals surface area (Å²) in [6.45, 7) is 1.47. The first kappa shape index (κ1) is 10.5. The molecular formula is C9H8BrClO2. The Morgan fingerprint density at radius 2 is 2.15 bits per heavy atom. The second-order valence-corrected chi connectivity index (χ2v) is 3.73. The van der Waals surface area contributed by atoms with E-state index in [0.717, 1.165) is 4.47 Å². The molecule has 70 valence electrons. The predicted molar refractivity (Wildman–Crippen MR) is 55.7 cm³/mol. The Balaban J connectivity index is 3.35. The van der Waals surface area contributed by atoms with E-state index in [1.54, 1.807) is 12.1 Å². The average Bonchev–Trinajstić information content (AvgIpc) is 2.04. The van der Waals surface area contributed by atoms with Gasteiger partial charge in [-0.1, -0.05) is 11.6 Å². The molecular weight excluding hydrogens is 255 g/mol. The topological polar surface area (TPSA) is 26.3 Å². The quantitative estimate of drug-likeness (QED) is 0.765. The first-order valence-corrected chi connectivity index (χ1v) is 4.78. The number of carbonyl (C=O) groups excluding carboxylic acids is 1. The van der Waals surface area contributed by atoms with Gasteiger partial charge in [0.1, 0.15) is 0 Å². The predicted octanol–water partition coefficient (Wildman–Crippen LogP) is 3.31. The Hall–Kier alpha value is -0.540. The fourth-order valence-electron chi connectivity index (χ4n) is 0.992. The van der Waals surface area contributed by atoms with Crippen LogP contribution in [-0.2, 0) is 0 Å². The zero-order valence-corrected chi connectivity index (χ0v) is 9.57. The van der Waals surface area contributed by atoms with Gasteiger partial charge >= 0.3 is 0 Å². The molecule has 0 spiro atoms. The second-order valence-electron chi connectivity index (χ2n) is 2.50. The molecule has 0 saturated heterocycles. The number of rotatable bonds is 2. The zero-order chi connectivity index (χ0) is 10.0. The first-order chi connectivity index (χ1) is 6.07. The van der Waals surface area contributed by atoms with Crippen LogP contribution in [0.4, 0.5) is 0 Å². The summed E-state index contributed by atoms with van der Waals surface area (Å²) < 4.78 is 5.78. The molecule has 0 heterocycles. The highest BCUT2D eigenvalue weighted by Gasteiger charge is 2.13. The van der Waals surface area contributed by atoms with Crippen LogP contribution in [0.2, 0.25) is 5.02 Å². The number of methoxy groups -OCH3 is 1. The maximum atomic E-state index is 11.1. The second kappa shape index (κ2) is 4.11. The molecule has 1 rings (SSSR count). The van der Waals surface area contributed by atoms with Crippen LogP contribution in [0.25, 0.3) is 0 Å². The van der Waals surface area contributed by atoms with Gasteiger partial charge in [-0.15, -0.1) is 0 Å². The minimum Gasteiger partial charge on any atom is -0.494 e. The van der Waals surface area contributed by atoms with Crippen molar-refractivity contribution in [2.45, 2.75) is 6.92 Å². The first-order valence-electron chi connectivity index (χ1n) is 3.61. The van der Waals surface area contributed by atoms with E-state index in [4.69, 9.17) is 16.3 Å². The van der Waals surface area contributed by atoms with E-state index in [9.17, 15) is 4.79 Å². The van der Waals surface area contributed by atoms with Crippen molar-refractivity contribution in [1.82, 2.24) is 0 Å². The Morgan fingerprint density at radius 1 is 1.54 bits per heavy atom. The minimum absolute atomic E-state index is 0.0733. The molecule has 0 fully saturated rings. The highest BCUT2D eigenvalue weighted by molar-refractivity contribution is 9.10. The van der Waals surface area contributed by atoms with Crippen LogP contribution in [0.1, 0.15) is 17.3 Å². The number of carbonyl (C=O) groups is 1. The van der Waals surface area contributed by atoms with Crippen molar-refractivity contribution in [2.75, 3.05) is 7.11 Å². The normalized spacial score (nSPS) is 9.85. The van der Waals surface area contributed by atoms with Crippen molar-refractivity contribution in [3.8, 4) is 5.75 Å². The number of benzene rings is 1. The van der Waals surface area contributed by atoms with Crippen molar-refractivity contribution < 1.29 is 9.53 Å². The molecule has 0 aliphatic heterocycles. The Morgan fingerprint density at radius 3 is 2.62 bits per heavy atom. The molecule has 0 unspecified atom stereocenters. The van der Waals surface area contributed by atoms with E-state index >= 15 is 0 Å². The summed E-state index contributed by atoms with van der Waals surface area (Å²) in [4.78, 5) is 11.1. The number of Topliss-reactive ketones (excluding diaryl/α,β-unsaturated/α-hetero) is 1. The van der Waals surface area contributed by atoms with Gasteiger partial charge in [0.15, 0.2) is 11.5 Å². The molecule has 0 bridgehead atoms. The van der Waals surface area contributed by atoms with Gasteiger partial charge in [0, 0.05) is 5.56 Å². The smallest absolute Gasteiger partial charge is 0.161 e. The van der Waals surface area contributed by atoms with E-state index in [2.05, 4.69) is 15.9 Å². The third-order valence-corrected chi connectivity index (χ3v) is 2.63. The lowest BCUT2D eigenvalue weighted by molar-refractivity contribution is 0.101. The van der Waals surface area contributed by atoms with Crippen LogP contribution in [0.15, 0.2) is 16.6 Å². The van der Waals surface area contributed by atoms with Crippen molar-refractivity contribution in [1.29, 1.82) is 0 Å². The molecule has 1 aromatic rings. The van der Waals surface area contributed by atoms with Crippen molar-refractivity contribution in [3.05, 3.63) is 27.2 Å². The van der Waals surface area contributed by atoms with E-state index < -0.39 is 0 Å². The molecule has 0 radical (unpaired) electrons. The van der Waals surface area contributed by atoms with Crippen LogP contribution >= 0.6 is 27.5 Å². The number of hydrogen-bond acceptors (Lipinski definition) is 2. The van der Waals surface area contributed by atoms with Crippen LogP contribution in [0.5, 0.6) is 5.75 Å². The van der Waals surface area contributed by atoms with Crippen molar-refractivity contribution in [3.63, 3.8) is 0 Å². The fraction of sp³-hybridized carbons (Fsp3) is 0.222. The van der Waals surface area contributed by atoms with E-state index in [1.807, 2.05) is 0 Å². The lowest BCUT2D eigenvalue weighted by Gasteiger charge is -2.07. The number of ether oxygens (including phenoxy) is 1. The maximum Gasteiger partial charge on any atom is 0.161 e. The Bertz CT molecular complexity index is 350. The van der Waals surface area contributed by atoms with Crippen molar-refractivity contribution >= 4 is 33.3 Å². The molecule has 1 aromatic carbocycles. The molecule has 4 heteroatoms. The van der Waals surface area contributed by atoms with E-state index in [0.29, 0.717) is 16.3 Å². The van der Waals surface area contributed by atoms with Crippen molar-refractivity contribution in [2.24, 2.45) is 0 Å². The van der Waals surface area contributed by atoms with Gasteiger partial charge in [-0.25, -0.2) is 0 Å². The summed E-state index contributed by atoms with van der Waals surface area (Å²) in [7, 11) is 1.51. The molecule has 0 N–H and O–H groups in total. The van der Waals surface area contributed by atoms with Gasteiger partial charge in [-0.2, -0.15) is 0 Å². The monoisotopic (exact) mass is 262 g/mol. The van der Waals surface area contributed by atoms with Crippen LogP contribution in [0, 0.1) is 0 Å². The molecule has 0 aliphatic carbocycles. The van der Waals surface area contributed by atoms with Gasteiger partial charge < -0.3 is 4.74 Å². The summed E-state index contributed by atoms with van der Waals surface area (Å²) in [5.74, 6) is 0.421. The summed E-state index contributed by atoms with van der Waals surface area (Å²) in [5, 5.41) is 0.351. The van der Waals surface area contributed by atoms with Gasteiger partial charge in [-0.05, 0) is 35.0 Å². The van der Waals surface area contributed by atoms with Gasteiger partial charge in [0.2, 0.25) is 0 Å². The number of ketones is 1. The van der Waals surface area contributed by atoms with Gasteiger partial charge in [0.25, 0.3) is 0 Å². The lowest BCUT2D eigenvalue weighted by atomic mass is 10.1. The Labute approximate surface area is 90.0 Å². The molecule has 0 amide bonds. The SMILES string of the molecule is COc1c(Br)ccc(C(C)=O)c1Cl. The third kappa shape index (κ3) is 2.03. The molecule has 2 nitrogen and oxygen atoms in total. The fourth-order valence-corrected chi connectivity index (χ4v) is 1.97. The number of hydrogen-bond donors (Lipinski definition) is 0. The van der Waals surface area contributed by atoms with Crippen LogP contribution in [-0.4, -0.2) is 12.9 Å². The maximum absolute atomic E-state index is 11.1. The molecule has 13 heavy (non-hydrogen) atoms. The summed E-state index contributed by atoms with van der Waals surface area (Å²) in [5.41, 5.74) is 0.474. The molecule has 0 aliphatic rings. The molecule has 0 atom stereocenters. The van der Waals surface area contributed by atoms with Crippen LogP contribution in [0.3, 0.4) is 0 Å². The zero-order valence-electron chi connectivity index (χ0n) is 7.23. The largest absolute Gasteiger partial charge is 0.494 e. The average molecular weight is 264 g/mol. The lowest BCUT2D eigenvalue weighted by Crippen LogP contribution is -1.96. The van der Waals surface area contributed by atoms with Gasteiger partial charge in [-0.3, -0.25) is 4.79 Å². The number of halogens is 2. The third-order valence-electron chi connectivity index (χ3n) is 1.63. The van der Waals surface area contributed by atoms with Gasteiger partial charge in [0.05, 0.1) is 16.6 Å². The van der Waals surface area contributed by atoms with E-state index in [-0.39, 0.29) is 5.78 Å². The van der Waals surface area contributed by atoms with Crippen LogP contribution < -0.4 is 4.74 Å².